The number of benzene rings is 1. The predicted molar refractivity (Wildman–Crippen MR) is 107 cm³/mol. The van der Waals surface area contributed by atoms with Crippen molar-refractivity contribution >= 4 is 35.0 Å². The van der Waals surface area contributed by atoms with Crippen LogP contribution < -0.4 is 5.32 Å². The molecule has 5 unspecified atom stereocenters. The molecule has 2 saturated carbocycles. The number of nitrogens with one attached hydrogen (secondary N) is 1. The Morgan fingerprint density at radius 2 is 1.96 bits per heavy atom. The van der Waals surface area contributed by atoms with E-state index in [9.17, 15) is 9.59 Å². The molecule has 4 rings (SSSR count). The zero-order valence-electron chi connectivity index (χ0n) is 15.6. The fourth-order valence-electron chi connectivity index (χ4n) is 5.41. The minimum absolute atomic E-state index is 0.0174. The van der Waals surface area contributed by atoms with Crippen LogP contribution in [0.3, 0.4) is 0 Å². The molecular weight excluding hydrogens is 383 g/mol. The van der Waals surface area contributed by atoms with Crippen LogP contribution in [0.15, 0.2) is 18.2 Å². The summed E-state index contributed by atoms with van der Waals surface area (Å²) in [7, 11) is 0. The molecule has 1 aromatic carbocycles. The van der Waals surface area contributed by atoms with Gasteiger partial charge in [0.2, 0.25) is 5.91 Å². The molecule has 4 nitrogen and oxygen atoms in total. The summed E-state index contributed by atoms with van der Waals surface area (Å²) in [5.41, 5.74) is 0.477. The largest absolute Gasteiger partial charge is 0.352 e. The number of halogens is 2. The maximum absolute atomic E-state index is 12.9. The molecule has 1 aromatic rings. The van der Waals surface area contributed by atoms with Crippen molar-refractivity contribution in [3.8, 4) is 0 Å². The first-order valence-electron chi connectivity index (χ1n) is 10.0. The van der Waals surface area contributed by atoms with Gasteiger partial charge in [0.05, 0.1) is 10.0 Å². The quantitative estimate of drug-likeness (QED) is 0.794. The number of amides is 2. The second-order valence-corrected chi connectivity index (χ2v) is 9.24. The number of carbonyl (C=O) groups is 2. The number of nitrogens with zero attached hydrogens (tertiary/aromatic N) is 1. The van der Waals surface area contributed by atoms with Gasteiger partial charge in [0.15, 0.2) is 0 Å². The van der Waals surface area contributed by atoms with Crippen molar-refractivity contribution < 1.29 is 9.59 Å². The highest BCUT2D eigenvalue weighted by Crippen LogP contribution is 2.49. The summed E-state index contributed by atoms with van der Waals surface area (Å²) in [6.45, 7) is 2.73. The minimum atomic E-state index is -0.395. The Kier molecular flexibility index (Phi) is 5.39. The third-order valence-electron chi connectivity index (χ3n) is 6.79. The van der Waals surface area contributed by atoms with Gasteiger partial charge in [0, 0.05) is 18.2 Å². The van der Waals surface area contributed by atoms with E-state index in [0.717, 1.165) is 18.3 Å². The van der Waals surface area contributed by atoms with Crippen LogP contribution >= 0.6 is 23.2 Å². The van der Waals surface area contributed by atoms with E-state index >= 15 is 0 Å². The highest BCUT2D eigenvalue weighted by atomic mass is 35.5. The Bertz CT molecular complexity index is 754. The van der Waals surface area contributed by atoms with Crippen molar-refractivity contribution in [2.24, 2.45) is 17.8 Å². The SMILES string of the molecule is CC(NC(=O)C1CCCN1C(=O)c1ccc(Cl)c(Cl)c1)C1CC2CCC1C2. The molecular formula is C21H26Cl2N2O2. The first-order chi connectivity index (χ1) is 12.9. The van der Waals surface area contributed by atoms with Crippen LogP contribution in [-0.2, 0) is 4.79 Å². The van der Waals surface area contributed by atoms with Crippen LogP contribution in [-0.4, -0.2) is 35.3 Å². The van der Waals surface area contributed by atoms with Gasteiger partial charge in [-0.1, -0.05) is 29.6 Å². The van der Waals surface area contributed by atoms with E-state index in [1.54, 1.807) is 23.1 Å². The molecule has 27 heavy (non-hydrogen) atoms. The number of rotatable bonds is 4. The normalized spacial score (nSPS) is 30.6. The molecule has 0 spiro atoms. The monoisotopic (exact) mass is 408 g/mol. The molecule has 1 aliphatic heterocycles. The average molecular weight is 409 g/mol. The van der Waals surface area contributed by atoms with Crippen LogP contribution in [0.25, 0.3) is 0 Å². The molecule has 2 amide bonds. The predicted octanol–water partition coefficient (Wildman–Crippen LogP) is 4.54. The second-order valence-electron chi connectivity index (χ2n) is 8.42. The maximum Gasteiger partial charge on any atom is 0.254 e. The molecule has 0 radical (unpaired) electrons. The zero-order chi connectivity index (χ0) is 19.1. The van der Waals surface area contributed by atoms with Gasteiger partial charge in [0.1, 0.15) is 6.04 Å². The molecule has 3 fully saturated rings. The summed E-state index contributed by atoms with van der Waals surface area (Å²) in [5.74, 6) is 2.05. The Labute approximate surface area is 170 Å². The number of hydrogen-bond donors (Lipinski definition) is 1. The van der Waals surface area contributed by atoms with Crippen molar-refractivity contribution in [3.05, 3.63) is 33.8 Å². The summed E-state index contributed by atoms with van der Waals surface area (Å²) in [6, 6.07) is 4.65. The fourth-order valence-corrected chi connectivity index (χ4v) is 5.71. The van der Waals surface area contributed by atoms with Gasteiger partial charge in [-0.25, -0.2) is 0 Å². The van der Waals surface area contributed by atoms with Crippen LogP contribution in [0, 0.1) is 17.8 Å². The standard InChI is InChI=1S/C21H26Cl2N2O2/c1-12(16-10-13-4-5-14(16)9-13)24-20(26)19-3-2-8-25(19)21(27)15-6-7-17(22)18(23)11-15/h6-7,11-14,16,19H,2-5,8-10H2,1H3,(H,24,26). The summed E-state index contributed by atoms with van der Waals surface area (Å²) >= 11 is 12.0. The van der Waals surface area contributed by atoms with Crippen molar-refractivity contribution in [2.45, 2.75) is 57.5 Å². The fraction of sp³-hybridized carbons (Fsp3) is 0.619. The van der Waals surface area contributed by atoms with Crippen molar-refractivity contribution in [2.75, 3.05) is 6.54 Å². The first-order valence-corrected chi connectivity index (χ1v) is 10.8. The Balaban J connectivity index is 1.42. The topological polar surface area (TPSA) is 49.4 Å². The third kappa shape index (κ3) is 3.71. The maximum atomic E-state index is 12.9. The minimum Gasteiger partial charge on any atom is -0.352 e. The van der Waals surface area contributed by atoms with Gasteiger partial charge in [-0.2, -0.15) is 0 Å². The number of carbonyl (C=O) groups excluding carboxylic acids is 2. The van der Waals surface area contributed by atoms with Crippen molar-refractivity contribution in [1.29, 1.82) is 0 Å². The van der Waals surface area contributed by atoms with Crippen molar-refractivity contribution in [3.63, 3.8) is 0 Å². The molecule has 2 bridgehead atoms. The highest BCUT2D eigenvalue weighted by Gasteiger charge is 2.43. The van der Waals surface area contributed by atoms with E-state index in [0.29, 0.717) is 34.5 Å². The molecule has 3 aliphatic rings. The van der Waals surface area contributed by atoms with E-state index in [-0.39, 0.29) is 17.9 Å². The third-order valence-corrected chi connectivity index (χ3v) is 7.53. The van der Waals surface area contributed by atoms with Gasteiger partial charge >= 0.3 is 0 Å². The summed E-state index contributed by atoms with van der Waals surface area (Å²) in [6.07, 6.45) is 6.78. The van der Waals surface area contributed by atoms with E-state index in [2.05, 4.69) is 12.2 Å². The zero-order valence-corrected chi connectivity index (χ0v) is 17.1. The average Bonchev–Trinajstić information content (AvgIpc) is 3.39. The van der Waals surface area contributed by atoms with E-state index in [4.69, 9.17) is 23.2 Å². The molecule has 146 valence electrons. The molecule has 1 saturated heterocycles. The van der Waals surface area contributed by atoms with Crippen molar-refractivity contribution in [1.82, 2.24) is 10.2 Å². The van der Waals surface area contributed by atoms with E-state index < -0.39 is 6.04 Å². The lowest BCUT2D eigenvalue weighted by atomic mass is 9.84. The molecule has 2 aliphatic carbocycles. The van der Waals surface area contributed by atoms with Crippen LogP contribution in [0.2, 0.25) is 10.0 Å². The lowest BCUT2D eigenvalue weighted by Crippen LogP contribution is -2.50. The summed E-state index contributed by atoms with van der Waals surface area (Å²) in [4.78, 5) is 27.5. The molecule has 1 N–H and O–H groups in total. The Morgan fingerprint density at radius 3 is 2.63 bits per heavy atom. The summed E-state index contributed by atoms with van der Waals surface area (Å²) in [5, 5.41) is 4.00. The number of fused-ring (bicyclic) bond motifs is 2. The van der Waals surface area contributed by atoms with Crippen LogP contribution in [0.4, 0.5) is 0 Å². The lowest BCUT2D eigenvalue weighted by Gasteiger charge is -2.31. The lowest BCUT2D eigenvalue weighted by molar-refractivity contribution is -0.125. The number of likely N-dealkylation sites (tertiary alicyclic amines) is 1. The van der Waals surface area contributed by atoms with Gasteiger partial charge in [-0.05, 0) is 75.0 Å². The molecule has 5 atom stereocenters. The summed E-state index contributed by atoms with van der Waals surface area (Å²) < 4.78 is 0. The highest BCUT2D eigenvalue weighted by molar-refractivity contribution is 6.42. The Hall–Kier alpha value is -1.26. The molecule has 0 aromatic heterocycles. The molecule has 1 heterocycles. The van der Waals surface area contributed by atoms with Gasteiger partial charge in [-0.3, -0.25) is 9.59 Å². The first kappa shape index (κ1) is 19.1. The van der Waals surface area contributed by atoms with Gasteiger partial charge < -0.3 is 10.2 Å². The van der Waals surface area contributed by atoms with Crippen LogP contribution in [0.1, 0.15) is 55.8 Å². The number of hydrogen-bond acceptors (Lipinski definition) is 2. The van der Waals surface area contributed by atoms with Crippen LogP contribution in [0.5, 0.6) is 0 Å². The van der Waals surface area contributed by atoms with Gasteiger partial charge in [0.25, 0.3) is 5.91 Å². The second kappa shape index (κ2) is 7.63. The van der Waals surface area contributed by atoms with E-state index in [1.807, 2.05) is 0 Å². The van der Waals surface area contributed by atoms with E-state index in [1.165, 1.54) is 25.7 Å². The van der Waals surface area contributed by atoms with Gasteiger partial charge in [-0.15, -0.1) is 0 Å². The molecule has 6 heteroatoms. The Morgan fingerprint density at radius 1 is 1.15 bits per heavy atom. The smallest absolute Gasteiger partial charge is 0.254 e.